The summed E-state index contributed by atoms with van der Waals surface area (Å²) in [6, 6.07) is 7.84. The van der Waals surface area contributed by atoms with E-state index in [1.165, 1.54) is 12.1 Å². The maximum absolute atomic E-state index is 12.0. The van der Waals surface area contributed by atoms with Crippen molar-refractivity contribution < 1.29 is 12.6 Å². The van der Waals surface area contributed by atoms with Gasteiger partial charge in [-0.3, -0.25) is 0 Å². The summed E-state index contributed by atoms with van der Waals surface area (Å²) in [6.45, 7) is 1.89. The van der Waals surface area contributed by atoms with Crippen molar-refractivity contribution in [2.75, 3.05) is 0 Å². The van der Waals surface area contributed by atoms with Crippen molar-refractivity contribution in [1.29, 1.82) is 0 Å². The number of nitrogens with zero attached hydrogens (tertiary/aromatic N) is 1. The summed E-state index contributed by atoms with van der Waals surface area (Å²) < 4.78 is 29.7. The highest BCUT2D eigenvalue weighted by molar-refractivity contribution is 9.10. The summed E-state index contributed by atoms with van der Waals surface area (Å²) in [5, 5.41) is 0.218. The fourth-order valence-electron chi connectivity index (χ4n) is 1.35. The molecule has 1 aromatic heterocycles. The minimum Gasteiger partial charge on any atom is -0.378 e. The second kappa shape index (κ2) is 5.48. The van der Waals surface area contributed by atoms with Gasteiger partial charge in [0.1, 0.15) is 10.0 Å². The lowest BCUT2D eigenvalue weighted by Crippen LogP contribution is -2.10. The molecule has 1 aromatic carbocycles. The lowest BCUT2D eigenvalue weighted by atomic mass is 10.2. The Balaban J connectivity index is 2.33. The van der Waals surface area contributed by atoms with Crippen molar-refractivity contribution in [2.24, 2.45) is 0 Å². The number of aromatic nitrogens is 1. The van der Waals surface area contributed by atoms with E-state index < -0.39 is 10.1 Å². The Hall–Kier alpha value is -1.11. The number of hydrogen-bond acceptors (Lipinski definition) is 4. The van der Waals surface area contributed by atoms with Crippen LogP contribution in [0.5, 0.6) is 5.75 Å². The number of rotatable bonds is 3. The summed E-state index contributed by atoms with van der Waals surface area (Å²) in [6.07, 6.45) is 1.15. The Morgan fingerprint density at radius 2 is 2.00 bits per heavy atom. The number of halogens is 2. The van der Waals surface area contributed by atoms with E-state index in [9.17, 15) is 8.42 Å². The Labute approximate surface area is 124 Å². The van der Waals surface area contributed by atoms with Crippen LogP contribution in [0.25, 0.3) is 0 Å². The predicted octanol–water partition coefficient (Wildman–Crippen LogP) is 3.57. The Bertz CT molecular complexity index is 701. The van der Waals surface area contributed by atoms with Gasteiger partial charge in [0.15, 0.2) is 5.75 Å². The molecule has 0 N–H and O–H groups in total. The van der Waals surface area contributed by atoms with Gasteiger partial charge in [0.05, 0.1) is 10.7 Å². The number of benzene rings is 1. The van der Waals surface area contributed by atoms with Gasteiger partial charge in [-0.1, -0.05) is 17.7 Å². The lowest BCUT2D eigenvalue weighted by Gasteiger charge is -2.08. The van der Waals surface area contributed by atoms with E-state index in [0.717, 1.165) is 11.8 Å². The molecule has 0 atom stereocenters. The van der Waals surface area contributed by atoms with Crippen LogP contribution in [0.3, 0.4) is 0 Å². The standard InChI is InChI=1S/C12H9BrClNO3S/c1-8-2-4-11(10(13)6-8)18-19(16,17)9-3-5-12(14)15-7-9/h2-7H,1H3. The minimum absolute atomic E-state index is 0.0515. The molecule has 0 bridgehead atoms. The van der Waals surface area contributed by atoms with Crippen LogP contribution in [0.15, 0.2) is 45.9 Å². The third-order valence-electron chi connectivity index (χ3n) is 2.28. The zero-order chi connectivity index (χ0) is 14.0. The molecule has 0 amide bonds. The molecule has 0 aliphatic rings. The molecule has 19 heavy (non-hydrogen) atoms. The summed E-state index contributed by atoms with van der Waals surface area (Å²) in [5.41, 5.74) is 0.991. The molecule has 0 radical (unpaired) electrons. The molecule has 0 saturated carbocycles. The van der Waals surface area contributed by atoms with Crippen LogP contribution < -0.4 is 4.18 Å². The summed E-state index contributed by atoms with van der Waals surface area (Å²) in [7, 11) is -3.92. The Morgan fingerprint density at radius 1 is 1.26 bits per heavy atom. The van der Waals surface area contributed by atoms with Crippen molar-refractivity contribution in [3.05, 3.63) is 51.7 Å². The lowest BCUT2D eigenvalue weighted by molar-refractivity contribution is 0.484. The second-order valence-corrected chi connectivity index (χ2v) is 6.58. The van der Waals surface area contributed by atoms with Crippen molar-refractivity contribution in [2.45, 2.75) is 11.8 Å². The van der Waals surface area contributed by atoms with Gasteiger partial charge in [0.25, 0.3) is 0 Å². The summed E-state index contributed by atoms with van der Waals surface area (Å²) >= 11 is 8.87. The first kappa shape index (κ1) is 14.3. The third kappa shape index (κ3) is 3.46. The molecule has 2 rings (SSSR count). The van der Waals surface area contributed by atoms with Crippen molar-refractivity contribution in [3.8, 4) is 5.75 Å². The zero-order valence-corrected chi connectivity index (χ0v) is 13.0. The van der Waals surface area contributed by atoms with Crippen LogP contribution >= 0.6 is 27.5 Å². The van der Waals surface area contributed by atoms with E-state index in [0.29, 0.717) is 4.47 Å². The normalized spacial score (nSPS) is 11.3. The summed E-state index contributed by atoms with van der Waals surface area (Å²) in [4.78, 5) is 3.67. The molecule has 0 spiro atoms. The molecule has 100 valence electrons. The van der Waals surface area contributed by atoms with Gasteiger partial charge in [-0.15, -0.1) is 0 Å². The first-order valence-corrected chi connectivity index (χ1v) is 7.78. The second-order valence-electron chi connectivity index (χ2n) is 3.79. The van der Waals surface area contributed by atoms with Crippen LogP contribution in [0.4, 0.5) is 0 Å². The first-order valence-electron chi connectivity index (χ1n) is 5.21. The Morgan fingerprint density at radius 3 is 2.58 bits per heavy atom. The third-order valence-corrected chi connectivity index (χ3v) is 4.34. The molecular weight excluding hydrogens is 354 g/mol. The van der Waals surface area contributed by atoms with E-state index in [1.807, 2.05) is 6.92 Å². The summed E-state index contributed by atoms with van der Waals surface area (Å²) in [5.74, 6) is 0.223. The molecule has 4 nitrogen and oxygen atoms in total. The van der Waals surface area contributed by atoms with Gasteiger partial charge in [0.2, 0.25) is 0 Å². The molecule has 1 heterocycles. The molecule has 7 heteroatoms. The number of hydrogen-bond donors (Lipinski definition) is 0. The SMILES string of the molecule is Cc1ccc(OS(=O)(=O)c2ccc(Cl)nc2)c(Br)c1. The van der Waals surface area contributed by atoms with Crippen molar-refractivity contribution in [3.63, 3.8) is 0 Å². The largest absolute Gasteiger partial charge is 0.378 e. The quantitative estimate of drug-likeness (QED) is 0.618. The van der Waals surface area contributed by atoms with Gasteiger partial charge in [-0.25, -0.2) is 4.98 Å². The van der Waals surface area contributed by atoms with Gasteiger partial charge >= 0.3 is 10.1 Å². The fraction of sp³-hybridized carbons (Fsp3) is 0.0833. The molecule has 0 aliphatic carbocycles. The van der Waals surface area contributed by atoms with Crippen molar-refractivity contribution in [1.82, 2.24) is 4.98 Å². The van der Waals surface area contributed by atoms with E-state index in [2.05, 4.69) is 20.9 Å². The highest BCUT2D eigenvalue weighted by Crippen LogP contribution is 2.28. The molecule has 0 saturated heterocycles. The predicted molar refractivity (Wildman–Crippen MR) is 75.9 cm³/mol. The van der Waals surface area contributed by atoms with E-state index in [1.54, 1.807) is 18.2 Å². The maximum atomic E-state index is 12.0. The molecule has 2 aromatic rings. The van der Waals surface area contributed by atoms with Crippen LogP contribution in [0.2, 0.25) is 5.15 Å². The van der Waals surface area contributed by atoms with Crippen LogP contribution in [0, 0.1) is 6.92 Å². The molecule has 0 unspecified atom stereocenters. The molecule has 0 aliphatic heterocycles. The average Bonchev–Trinajstić information content (AvgIpc) is 2.33. The topological polar surface area (TPSA) is 56.3 Å². The van der Waals surface area contributed by atoms with E-state index in [4.69, 9.17) is 15.8 Å². The van der Waals surface area contributed by atoms with E-state index >= 15 is 0 Å². The molecular formula is C12H9BrClNO3S. The smallest absolute Gasteiger partial charge is 0.340 e. The van der Waals surface area contributed by atoms with Crippen LogP contribution in [0.1, 0.15) is 5.56 Å². The van der Waals surface area contributed by atoms with Gasteiger partial charge in [0, 0.05) is 0 Å². The number of pyridine rings is 1. The highest BCUT2D eigenvalue weighted by atomic mass is 79.9. The fourth-order valence-corrected chi connectivity index (χ4v) is 3.04. The van der Waals surface area contributed by atoms with Gasteiger partial charge in [-0.2, -0.15) is 8.42 Å². The zero-order valence-electron chi connectivity index (χ0n) is 9.80. The first-order chi connectivity index (χ1) is 8.88. The highest BCUT2D eigenvalue weighted by Gasteiger charge is 2.18. The van der Waals surface area contributed by atoms with Gasteiger partial charge < -0.3 is 4.18 Å². The average molecular weight is 363 g/mol. The van der Waals surface area contributed by atoms with Crippen LogP contribution in [-0.4, -0.2) is 13.4 Å². The monoisotopic (exact) mass is 361 g/mol. The minimum atomic E-state index is -3.92. The maximum Gasteiger partial charge on any atom is 0.340 e. The van der Waals surface area contributed by atoms with E-state index in [-0.39, 0.29) is 15.8 Å². The Kier molecular flexibility index (Phi) is 4.13. The number of aryl methyl sites for hydroxylation is 1. The van der Waals surface area contributed by atoms with Gasteiger partial charge in [-0.05, 0) is 52.7 Å². The van der Waals surface area contributed by atoms with Crippen LogP contribution in [-0.2, 0) is 10.1 Å². The molecule has 0 fully saturated rings. The van der Waals surface area contributed by atoms with Crippen molar-refractivity contribution >= 4 is 37.6 Å².